The van der Waals surface area contributed by atoms with Gasteiger partial charge < -0.3 is 9.64 Å². The number of esters is 1. The molecule has 1 saturated carbocycles. The van der Waals surface area contributed by atoms with Gasteiger partial charge in [0.1, 0.15) is 18.1 Å². The van der Waals surface area contributed by atoms with Crippen LogP contribution in [-0.4, -0.2) is 62.7 Å². The highest BCUT2D eigenvalue weighted by molar-refractivity contribution is 5.94. The van der Waals surface area contributed by atoms with E-state index in [4.69, 9.17) is 4.74 Å². The van der Waals surface area contributed by atoms with Crippen molar-refractivity contribution in [1.29, 1.82) is 0 Å². The molecule has 2 aliphatic rings. The summed E-state index contributed by atoms with van der Waals surface area (Å²) >= 11 is 0. The lowest BCUT2D eigenvalue weighted by molar-refractivity contribution is -0.384. The zero-order chi connectivity index (χ0) is 29.9. The van der Waals surface area contributed by atoms with Gasteiger partial charge in [-0.15, -0.1) is 0 Å². The van der Waals surface area contributed by atoms with Crippen molar-refractivity contribution in [2.45, 2.75) is 58.2 Å². The molecule has 1 aliphatic heterocycles. The van der Waals surface area contributed by atoms with Crippen LogP contribution in [0.25, 0.3) is 22.2 Å². The number of piperazine rings is 1. The summed E-state index contributed by atoms with van der Waals surface area (Å²) in [5, 5.41) is 19.5. The highest BCUT2D eigenvalue weighted by atomic mass is 16.6. The first-order valence-corrected chi connectivity index (χ1v) is 15.2. The number of aromatic amines is 1. The molecular formula is C33H38N6O4. The maximum atomic E-state index is 12.7. The Morgan fingerprint density at radius 1 is 1.02 bits per heavy atom. The molecule has 1 saturated heterocycles. The second-order valence-electron chi connectivity index (χ2n) is 12.1. The van der Waals surface area contributed by atoms with Crippen molar-refractivity contribution in [3.8, 4) is 11.3 Å². The van der Waals surface area contributed by atoms with Crippen molar-refractivity contribution in [1.82, 2.24) is 20.1 Å². The largest absolute Gasteiger partial charge is 0.461 e. The summed E-state index contributed by atoms with van der Waals surface area (Å²) in [5.41, 5.74) is 3.38. The minimum atomic E-state index is -0.386. The van der Waals surface area contributed by atoms with E-state index in [1.54, 1.807) is 18.3 Å². The number of carbonyl (C=O) groups is 1. The fourth-order valence-electron chi connectivity index (χ4n) is 6.70. The molecule has 3 heterocycles. The second kappa shape index (κ2) is 12.5. The van der Waals surface area contributed by atoms with Crippen LogP contribution >= 0.6 is 0 Å². The van der Waals surface area contributed by atoms with E-state index in [1.165, 1.54) is 6.07 Å². The van der Waals surface area contributed by atoms with Gasteiger partial charge in [0.15, 0.2) is 0 Å². The van der Waals surface area contributed by atoms with E-state index < -0.39 is 0 Å². The van der Waals surface area contributed by atoms with Gasteiger partial charge in [-0.05, 0) is 69.2 Å². The standard InChI is InChI=1S/C33H38N6O4/c1-22-18-37(31-16-27(14-15-34-31)32-29-17-28(39(41)42)12-13-30(29)35-36-32)19-23(2)38(22)20-24-8-10-26(11-9-24)33(40)43-21-25-6-4-3-5-7-25/h3-7,12-17,22-24,26H,8-11,18-21H2,1-2H3,(H,35,36)/t22-,23+,24?,26?. The molecule has 4 aromatic rings. The number of nitro benzene ring substituents is 1. The Morgan fingerprint density at radius 3 is 2.49 bits per heavy atom. The number of rotatable bonds is 8. The maximum Gasteiger partial charge on any atom is 0.309 e. The molecule has 10 nitrogen and oxygen atoms in total. The molecule has 2 aromatic carbocycles. The smallest absolute Gasteiger partial charge is 0.309 e. The van der Waals surface area contributed by atoms with Crippen molar-refractivity contribution >= 4 is 28.4 Å². The molecule has 0 radical (unpaired) electrons. The van der Waals surface area contributed by atoms with Gasteiger partial charge in [0.05, 0.1) is 16.4 Å². The maximum absolute atomic E-state index is 12.7. The normalized spacial score (nSPS) is 22.9. The number of benzene rings is 2. The number of pyridine rings is 1. The number of hydrogen-bond donors (Lipinski definition) is 1. The number of non-ortho nitro benzene ring substituents is 1. The molecule has 1 N–H and O–H groups in total. The predicted octanol–water partition coefficient (Wildman–Crippen LogP) is 5.98. The number of hydrogen-bond acceptors (Lipinski definition) is 8. The van der Waals surface area contributed by atoms with Crippen LogP contribution in [0.15, 0.2) is 66.9 Å². The fourth-order valence-corrected chi connectivity index (χ4v) is 6.70. The third kappa shape index (κ3) is 6.39. The van der Waals surface area contributed by atoms with Crippen LogP contribution < -0.4 is 4.90 Å². The average molecular weight is 583 g/mol. The Morgan fingerprint density at radius 2 is 1.77 bits per heavy atom. The third-order valence-electron chi connectivity index (χ3n) is 9.07. The van der Waals surface area contributed by atoms with Crippen LogP contribution in [0.5, 0.6) is 0 Å². The molecule has 43 heavy (non-hydrogen) atoms. The van der Waals surface area contributed by atoms with Crippen molar-refractivity contribution in [2.75, 3.05) is 24.5 Å². The topological polar surface area (TPSA) is 117 Å². The molecule has 0 amide bonds. The lowest BCUT2D eigenvalue weighted by atomic mass is 9.81. The first-order valence-electron chi connectivity index (χ1n) is 15.2. The molecule has 0 spiro atoms. The number of nitrogens with zero attached hydrogens (tertiary/aromatic N) is 5. The van der Waals surface area contributed by atoms with Gasteiger partial charge in [-0.25, -0.2) is 4.98 Å². The zero-order valence-electron chi connectivity index (χ0n) is 24.7. The lowest BCUT2D eigenvalue weighted by Gasteiger charge is -2.46. The molecular weight excluding hydrogens is 544 g/mol. The summed E-state index contributed by atoms with van der Waals surface area (Å²) in [5.74, 6) is 1.40. The van der Waals surface area contributed by atoms with Gasteiger partial charge in [0.25, 0.3) is 5.69 Å². The molecule has 1 aliphatic carbocycles. The monoisotopic (exact) mass is 582 g/mol. The van der Waals surface area contributed by atoms with Crippen molar-refractivity contribution in [3.63, 3.8) is 0 Å². The van der Waals surface area contributed by atoms with E-state index in [-0.39, 0.29) is 22.5 Å². The van der Waals surface area contributed by atoms with Gasteiger partial charge in [0.2, 0.25) is 0 Å². The van der Waals surface area contributed by atoms with E-state index in [2.05, 4.69) is 38.8 Å². The lowest BCUT2D eigenvalue weighted by Crippen LogP contribution is -2.58. The minimum absolute atomic E-state index is 0.00258. The predicted molar refractivity (Wildman–Crippen MR) is 166 cm³/mol. The average Bonchev–Trinajstić information content (AvgIpc) is 3.46. The van der Waals surface area contributed by atoms with Crippen LogP contribution in [0.3, 0.4) is 0 Å². The van der Waals surface area contributed by atoms with E-state index in [0.717, 1.165) is 73.2 Å². The van der Waals surface area contributed by atoms with Crippen molar-refractivity contribution < 1.29 is 14.5 Å². The third-order valence-corrected chi connectivity index (χ3v) is 9.07. The Bertz CT molecular complexity index is 1570. The summed E-state index contributed by atoms with van der Waals surface area (Å²) in [6.45, 7) is 7.65. The fraction of sp³-hybridized carbons (Fsp3) is 0.424. The molecule has 0 unspecified atom stereocenters. The number of anilines is 1. The Labute approximate surface area is 251 Å². The van der Waals surface area contributed by atoms with E-state index in [1.807, 2.05) is 42.5 Å². The van der Waals surface area contributed by atoms with Gasteiger partial charge in [0, 0.05) is 61.0 Å². The molecule has 10 heteroatoms. The van der Waals surface area contributed by atoms with E-state index in [9.17, 15) is 14.9 Å². The van der Waals surface area contributed by atoms with Gasteiger partial charge >= 0.3 is 5.97 Å². The number of nitrogens with one attached hydrogen (secondary N) is 1. The first kappa shape index (κ1) is 28.8. The molecule has 2 atom stereocenters. The van der Waals surface area contributed by atoms with Crippen molar-refractivity contribution in [2.24, 2.45) is 11.8 Å². The second-order valence-corrected chi connectivity index (χ2v) is 12.1. The summed E-state index contributed by atoms with van der Waals surface area (Å²) in [6, 6.07) is 19.2. The summed E-state index contributed by atoms with van der Waals surface area (Å²) < 4.78 is 5.61. The number of ether oxygens (including phenoxy) is 1. The number of carbonyl (C=O) groups excluding carboxylic acids is 1. The number of H-pyrrole nitrogens is 1. The van der Waals surface area contributed by atoms with Crippen LogP contribution in [0.1, 0.15) is 45.1 Å². The SMILES string of the molecule is C[C@@H]1CN(c2cc(-c3n[nH]c4ccc([N+](=O)[O-])cc34)ccn2)C[C@H](C)N1CC1CCC(C(=O)OCc2ccccc2)CC1. The van der Waals surface area contributed by atoms with Gasteiger partial charge in [-0.1, -0.05) is 30.3 Å². The Balaban J connectivity index is 1.05. The Hall–Kier alpha value is -4.31. The quantitative estimate of drug-likeness (QED) is 0.153. The summed E-state index contributed by atoms with van der Waals surface area (Å²) in [7, 11) is 0. The minimum Gasteiger partial charge on any atom is -0.461 e. The van der Waals surface area contributed by atoms with E-state index in [0.29, 0.717) is 30.3 Å². The van der Waals surface area contributed by atoms with Crippen LogP contribution in [0, 0.1) is 22.0 Å². The molecule has 0 bridgehead atoms. The molecule has 224 valence electrons. The van der Waals surface area contributed by atoms with Crippen molar-refractivity contribution in [3.05, 3.63) is 82.5 Å². The molecule has 2 fully saturated rings. The van der Waals surface area contributed by atoms with Crippen LogP contribution in [-0.2, 0) is 16.1 Å². The molecule has 2 aromatic heterocycles. The number of nitro groups is 1. The first-order chi connectivity index (χ1) is 20.9. The summed E-state index contributed by atoms with van der Waals surface area (Å²) in [6.07, 6.45) is 5.66. The zero-order valence-corrected chi connectivity index (χ0v) is 24.7. The number of aromatic nitrogens is 3. The number of fused-ring (bicyclic) bond motifs is 1. The Kier molecular flexibility index (Phi) is 8.38. The highest BCUT2D eigenvalue weighted by Crippen LogP contribution is 2.34. The van der Waals surface area contributed by atoms with Gasteiger partial charge in [-0.2, -0.15) is 5.10 Å². The summed E-state index contributed by atoms with van der Waals surface area (Å²) in [4.78, 5) is 33.2. The van der Waals surface area contributed by atoms with Crippen LogP contribution in [0.4, 0.5) is 11.5 Å². The highest BCUT2D eigenvalue weighted by Gasteiger charge is 2.34. The van der Waals surface area contributed by atoms with Crippen LogP contribution in [0.2, 0.25) is 0 Å². The van der Waals surface area contributed by atoms with E-state index >= 15 is 0 Å². The van der Waals surface area contributed by atoms with Gasteiger partial charge in [-0.3, -0.25) is 24.9 Å². The molecule has 6 rings (SSSR count).